The first-order valence-electron chi connectivity index (χ1n) is 5.29. The van der Waals surface area contributed by atoms with Crippen molar-refractivity contribution in [2.24, 2.45) is 5.41 Å². The minimum atomic E-state index is -1.43. The Morgan fingerprint density at radius 1 is 1.19 bits per heavy atom. The SMILES string of the molecule is Cc1ccc(B(O)O)cc1C#CC(C)(C)C. The van der Waals surface area contributed by atoms with E-state index in [1.54, 1.807) is 12.1 Å². The highest BCUT2D eigenvalue weighted by Crippen LogP contribution is 2.11. The molecule has 0 unspecified atom stereocenters. The van der Waals surface area contributed by atoms with Gasteiger partial charge in [-0.05, 0) is 44.8 Å². The predicted molar refractivity (Wildman–Crippen MR) is 67.3 cm³/mol. The molecule has 16 heavy (non-hydrogen) atoms. The smallest absolute Gasteiger partial charge is 0.423 e. The summed E-state index contributed by atoms with van der Waals surface area (Å²) < 4.78 is 0. The minimum Gasteiger partial charge on any atom is -0.423 e. The quantitative estimate of drug-likeness (QED) is 0.544. The van der Waals surface area contributed by atoms with Crippen molar-refractivity contribution in [3.8, 4) is 11.8 Å². The molecular weight excluding hydrogens is 199 g/mol. The number of hydrogen-bond donors (Lipinski definition) is 2. The summed E-state index contributed by atoms with van der Waals surface area (Å²) in [5.41, 5.74) is 2.31. The number of hydrogen-bond acceptors (Lipinski definition) is 2. The molecule has 3 heteroatoms. The largest absolute Gasteiger partial charge is 0.488 e. The summed E-state index contributed by atoms with van der Waals surface area (Å²) in [6.07, 6.45) is 0. The summed E-state index contributed by atoms with van der Waals surface area (Å²) in [6.45, 7) is 8.08. The first kappa shape index (κ1) is 12.8. The van der Waals surface area contributed by atoms with Crippen LogP contribution in [0.25, 0.3) is 0 Å². The second kappa shape index (κ2) is 4.73. The van der Waals surface area contributed by atoms with Crippen molar-refractivity contribution in [2.45, 2.75) is 27.7 Å². The Morgan fingerprint density at radius 3 is 2.31 bits per heavy atom. The predicted octanol–water partition coefficient (Wildman–Crippen LogP) is 1.07. The van der Waals surface area contributed by atoms with Gasteiger partial charge >= 0.3 is 7.12 Å². The van der Waals surface area contributed by atoms with Crippen LogP contribution < -0.4 is 5.46 Å². The Bertz CT molecular complexity index is 433. The second-order valence-electron chi connectivity index (χ2n) is 4.95. The van der Waals surface area contributed by atoms with Crippen LogP contribution in [0.3, 0.4) is 0 Å². The molecule has 2 N–H and O–H groups in total. The van der Waals surface area contributed by atoms with Crippen LogP contribution in [0.5, 0.6) is 0 Å². The fourth-order valence-corrected chi connectivity index (χ4v) is 1.19. The molecule has 0 heterocycles. The molecule has 0 bridgehead atoms. The first-order valence-corrected chi connectivity index (χ1v) is 5.29. The Hall–Kier alpha value is -1.24. The van der Waals surface area contributed by atoms with E-state index in [1.165, 1.54) is 0 Å². The van der Waals surface area contributed by atoms with Crippen LogP contribution in [0.2, 0.25) is 0 Å². The van der Waals surface area contributed by atoms with Gasteiger partial charge in [-0.3, -0.25) is 0 Å². The van der Waals surface area contributed by atoms with E-state index in [1.807, 2.05) is 33.8 Å². The van der Waals surface area contributed by atoms with Crippen molar-refractivity contribution in [2.75, 3.05) is 0 Å². The molecule has 0 aliphatic carbocycles. The van der Waals surface area contributed by atoms with Gasteiger partial charge in [0, 0.05) is 11.0 Å². The molecule has 0 amide bonds. The van der Waals surface area contributed by atoms with Crippen molar-refractivity contribution in [1.29, 1.82) is 0 Å². The van der Waals surface area contributed by atoms with E-state index >= 15 is 0 Å². The highest BCUT2D eigenvalue weighted by Gasteiger charge is 2.11. The van der Waals surface area contributed by atoms with Crippen molar-refractivity contribution >= 4 is 12.6 Å². The van der Waals surface area contributed by atoms with Gasteiger partial charge in [-0.2, -0.15) is 0 Å². The van der Waals surface area contributed by atoms with Crippen LogP contribution in [0.4, 0.5) is 0 Å². The second-order valence-corrected chi connectivity index (χ2v) is 4.95. The monoisotopic (exact) mass is 216 g/mol. The van der Waals surface area contributed by atoms with E-state index in [-0.39, 0.29) is 5.41 Å². The fourth-order valence-electron chi connectivity index (χ4n) is 1.19. The van der Waals surface area contributed by atoms with Gasteiger partial charge in [-0.25, -0.2) is 0 Å². The van der Waals surface area contributed by atoms with Crippen LogP contribution in [-0.2, 0) is 0 Å². The molecule has 0 spiro atoms. The molecule has 2 nitrogen and oxygen atoms in total. The van der Waals surface area contributed by atoms with E-state index in [0.717, 1.165) is 11.1 Å². The zero-order chi connectivity index (χ0) is 12.3. The molecular formula is C13H17BO2. The van der Waals surface area contributed by atoms with Gasteiger partial charge < -0.3 is 10.0 Å². The van der Waals surface area contributed by atoms with Crippen LogP contribution >= 0.6 is 0 Å². The molecule has 0 atom stereocenters. The summed E-state index contributed by atoms with van der Waals surface area (Å²) in [7, 11) is -1.43. The van der Waals surface area contributed by atoms with Crippen molar-refractivity contribution in [3.05, 3.63) is 29.3 Å². The Labute approximate surface area is 97.5 Å². The molecule has 1 rings (SSSR count). The maximum Gasteiger partial charge on any atom is 0.488 e. The molecule has 0 aromatic heterocycles. The topological polar surface area (TPSA) is 40.5 Å². The fraction of sp³-hybridized carbons (Fsp3) is 0.385. The lowest BCUT2D eigenvalue weighted by Gasteiger charge is -2.08. The summed E-state index contributed by atoms with van der Waals surface area (Å²) in [4.78, 5) is 0. The standard InChI is InChI=1S/C13H17BO2/c1-10-5-6-12(14(15)16)9-11(10)7-8-13(2,3)4/h5-6,9,15-16H,1-4H3. The van der Waals surface area contributed by atoms with Crippen LogP contribution in [0, 0.1) is 24.2 Å². The van der Waals surface area contributed by atoms with E-state index in [9.17, 15) is 0 Å². The van der Waals surface area contributed by atoms with Gasteiger partial charge in [0.05, 0.1) is 0 Å². The first-order chi connectivity index (χ1) is 7.29. The summed E-state index contributed by atoms with van der Waals surface area (Å²) >= 11 is 0. The van der Waals surface area contributed by atoms with Crippen LogP contribution in [0.15, 0.2) is 18.2 Å². The van der Waals surface area contributed by atoms with Gasteiger partial charge in [-0.15, -0.1) is 0 Å². The lowest BCUT2D eigenvalue weighted by Crippen LogP contribution is -2.29. The molecule has 0 aliphatic heterocycles. The van der Waals surface area contributed by atoms with Gasteiger partial charge in [-0.1, -0.05) is 24.0 Å². The van der Waals surface area contributed by atoms with E-state index in [0.29, 0.717) is 5.46 Å². The zero-order valence-corrected chi connectivity index (χ0v) is 10.2. The summed E-state index contributed by atoms with van der Waals surface area (Å²) in [5.74, 6) is 6.21. The molecule has 1 aromatic carbocycles. The molecule has 0 radical (unpaired) electrons. The lowest BCUT2D eigenvalue weighted by molar-refractivity contribution is 0.426. The highest BCUT2D eigenvalue weighted by atomic mass is 16.4. The number of benzene rings is 1. The summed E-state index contributed by atoms with van der Waals surface area (Å²) in [5, 5.41) is 18.1. The third-order valence-corrected chi connectivity index (χ3v) is 2.13. The zero-order valence-electron chi connectivity index (χ0n) is 10.2. The molecule has 84 valence electrons. The highest BCUT2D eigenvalue weighted by molar-refractivity contribution is 6.58. The van der Waals surface area contributed by atoms with Crippen LogP contribution in [-0.4, -0.2) is 17.2 Å². The van der Waals surface area contributed by atoms with Gasteiger partial charge in [0.1, 0.15) is 0 Å². The average Bonchev–Trinajstić information content (AvgIpc) is 2.14. The molecule has 0 saturated heterocycles. The Morgan fingerprint density at radius 2 is 1.81 bits per heavy atom. The van der Waals surface area contributed by atoms with E-state index in [4.69, 9.17) is 10.0 Å². The maximum absolute atomic E-state index is 9.07. The molecule has 0 fully saturated rings. The average molecular weight is 216 g/mol. The van der Waals surface area contributed by atoms with E-state index < -0.39 is 7.12 Å². The van der Waals surface area contributed by atoms with Gasteiger partial charge in [0.15, 0.2) is 0 Å². The summed E-state index contributed by atoms with van der Waals surface area (Å²) in [6, 6.07) is 5.27. The third-order valence-electron chi connectivity index (χ3n) is 2.13. The molecule has 0 aliphatic rings. The van der Waals surface area contributed by atoms with Crippen molar-refractivity contribution in [1.82, 2.24) is 0 Å². The normalized spacial score (nSPS) is 10.6. The number of rotatable bonds is 1. The minimum absolute atomic E-state index is 0.0553. The lowest BCUT2D eigenvalue weighted by atomic mass is 9.79. The third kappa shape index (κ3) is 3.73. The Balaban J connectivity index is 3.12. The van der Waals surface area contributed by atoms with Crippen molar-refractivity contribution < 1.29 is 10.0 Å². The van der Waals surface area contributed by atoms with Gasteiger partial charge in [0.25, 0.3) is 0 Å². The van der Waals surface area contributed by atoms with Gasteiger partial charge in [0.2, 0.25) is 0 Å². The Kier molecular flexibility index (Phi) is 3.80. The van der Waals surface area contributed by atoms with Crippen LogP contribution in [0.1, 0.15) is 31.9 Å². The van der Waals surface area contributed by atoms with E-state index in [2.05, 4.69) is 11.8 Å². The maximum atomic E-state index is 9.07. The number of aryl methyl sites for hydroxylation is 1. The molecule has 1 aromatic rings. The molecule has 0 saturated carbocycles. The van der Waals surface area contributed by atoms with Crippen molar-refractivity contribution in [3.63, 3.8) is 0 Å².